The van der Waals surface area contributed by atoms with E-state index in [1.54, 1.807) is 12.0 Å². The predicted molar refractivity (Wildman–Crippen MR) is 62.7 cm³/mol. The molecule has 112 valence electrons. The zero-order chi connectivity index (χ0) is 14.6. The minimum absolute atomic E-state index is 0.0527. The van der Waals surface area contributed by atoms with E-state index in [4.69, 9.17) is 4.74 Å². The van der Waals surface area contributed by atoms with Crippen LogP contribution in [-0.2, 0) is 14.3 Å². The van der Waals surface area contributed by atoms with Gasteiger partial charge in [0, 0.05) is 19.7 Å². The van der Waals surface area contributed by atoms with Gasteiger partial charge >= 0.3 is 6.18 Å². The maximum absolute atomic E-state index is 12.0. The molecular weight excluding hydrogens is 263 g/mol. The predicted octanol–water partition coefficient (Wildman–Crippen LogP) is 1.98. The van der Waals surface area contributed by atoms with Crippen LogP contribution in [0.25, 0.3) is 0 Å². The molecule has 1 fully saturated rings. The van der Waals surface area contributed by atoms with Crippen LogP contribution in [0.3, 0.4) is 0 Å². The first-order valence-electron chi connectivity index (χ1n) is 6.26. The number of rotatable bonds is 4. The molecule has 0 spiro atoms. The van der Waals surface area contributed by atoms with E-state index >= 15 is 0 Å². The van der Waals surface area contributed by atoms with Crippen LogP contribution in [0.1, 0.15) is 26.7 Å². The van der Waals surface area contributed by atoms with Gasteiger partial charge in [-0.3, -0.25) is 4.79 Å². The van der Waals surface area contributed by atoms with E-state index in [1.165, 1.54) is 6.92 Å². The van der Waals surface area contributed by atoms with Crippen LogP contribution in [0.4, 0.5) is 13.2 Å². The van der Waals surface area contributed by atoms with Gasteiger partial charge in [-0.2, -0.15) is 13.2 Å². The highest BCUT2D eigenvalue weighted by Gasteiger charge is 2.34. The van der Waals surface area contributed by atoms with Gasteiger partial charge in [0.05, 0.1) is 6.10 Å². The fourth-order valence-electron chi connectivity index (χ4n) is 2.19. The van der Waals surface area contributed by atoms with Crippen molar-refractivity contribution in [1.82, 2.24) is 4.90 Å². The highest BCUT2D eigenvalue weighted by molar-refractivity contribution is 5.81. The maximum atomic E-state index is 12.0. The second-order valence-electron chi connectivity index (χ2n) is 4.83. The Morgan fingerprint density at radius 1 is 1.47 bits per heavy atom. The molecule has 0 saturated carbocycles. The highest BCUT2D eigenvalue weighted by atomic mass is 19.4. The van der Waals surface area contributed by atoms with E-state index in [0.717, 1.165) is 0 Å². The molecule has 0 unspecified atom stereocenters. The molecule has 0 aromatic rings. The molecule has 0 aromatic carbocycles. The number of carbonyl (C=O) groups is 1. The quantitative estimate of drug-likeness (QED) is 0.792. The summed E-state index contributed by atoms with van der Waals surface area (Å²) in [6, 6.07) is -0.0527. The number of nitrogens with zero attached hydrogens (tertiary/aromatic N) is 1. The van der Waals surface area contributed by atoms with E-state index in [0.29, 0.717) is 19.4 Å². The van der Waals surface area contributed by atoms with Crippen LogP contribution in [0.5, 0.6) is 0 Å². The number of amides is 1. The van der Waals surface area contributed by atoms with Crippen LogP contribution >= 0.6 is 0 Å². The Balaban J connectivity index is 2.48. The first-order chi connectivity index (χ1) is 8.74. The van der Waals surface area contributed by atoms with E-state index in [1.807, 2.05) is 6.92 Å². The second kappa shape index (κ2) is 6.56. The number of halogens is 3. The van der Waals surface area contributed by atoms with Crippen LogP contribution < -0.4 is 0 Å². The molecule has 4 nitrogen and oxygen atoms in total. The molecule has 1 aliphatic heterocycles. The molecule has 1 aliphatic rings. The summed E-state index contributed by atoms with van der Waals surface area (Å²) < 4.78 is 45.9. The summed E-state index contributed by atoms with van der Waals surface area (Å²) in [6.45, 7) is 2.30. The number of ether oxygens (including phenoxy) is 2. The smallest absolute Gasteiger partial charge is 0.381 e. The normalized spacial score (nSPS) is 26.3. The van der Waals surface area contributed by atoms with Crippen molar-refractivity contribution >= 4 is 5.91 Å². The fourth-order valence-corrected chi connectivity index (χ4v) is 2.19. The zero-order valence-corrected chi connectivity index (χ0v) is 11.4. The fraction of sp³-hybridized carbons (Fsp3) is 0.917. The van der Waals surface area contributed by atoms with E-state index in [-0.39, 0.29) is 12.1 Å². The third-order valence-electron chi connectivity index (χ3n) is 3.29. The third-order valence-corrected chi connectivity index (χ3v) is 3.29. The van der Waals surface area contributed by atoms with E-state index in [9.17, 15) is 18.0 Å². The monoisotopic (exact) mass is 283 g/mol. The Morgan fingerprint density at radius 2 is 2.11 bits per heavy atom. The summed E-state index contributed by atoms with van der Waals surface area (Å²) in [7, 11) is 1.62. The van der Waals surface area contributed by atoms with Gasteiger partial charge in [0.1, 0.15) is 12.7 Å². The molecule has 1 saturated heterocycles. The lowest BCUT2D eigenvalue weighted by molar-refractivity contribution is -0.189. The van der Waals surface area contributed by atoms with Crippen molar-refractivity contribution < 1.29 is 27.4 Å². The summed E-state index contributed by atoms with van der Waals surface area (Å²) in [5, 5.41) is 0. The zero-order valence-electron chi connectivity index (χ0n) is 11.4. The van der Waals surface area contributed by atoms with Gasteiger partial charge < -0.3 is 14.4 Å². The van der Waals surface area contributed by atoms with Gasteiger partial charge in [0.2, 0.25) is 0 Å². The maximum Gasteiger partial charge on any atom is 0.411 e. The average Bonchev–Trinajstić information content (AvgIpc) is 2.34. The summed E-state index contributed by atoms with van der Waals surface area (Å²) >= 11 is 0. The van der Waals surface area contributed by atoms with Crippen LogP contribution in [0.15, 0.2) is 0 Å². The van der Waals surface area contributed by atoms with Crippen LogP contribution in [-0.4, -0.2) is 55.5 Å². The molecule has 0 N–H and O–H groups in total. The molecule has 7 heteroatoms. The summed E-state index contributed by atoms with van der Waals surface area (Å²) in [5.41, 5.74) is 0. The first-order valence-corrected chi connectivity index (χ1v) is 6.26. The number of hydrogen-bond donors (Lipinski definition) is 0. The topological polar surface area (TPSA) is 38.8 Å². The Labute approximate surface area is 110 Å². The average molecular weight is 283 g/mol. The largest absolute Gasteiger partial charge is 0.411 e. The number of piperidine rings is 1. The SMILES string of the molecule is CO[C@@H]1CCN(C(=O)[C@@H](C)OCC(F)(F)F)[C@H](C)C1. The van der Waals surface area contributed by atoms with Crippen molar-refractivity contribution in [2.75, 3.05) is 20.3 Å². The van der Waals surface area contributed by atoms with Crippen molar-refractivity contribution in [2.24, 2.45) is 0 Å². The van der Waals surface area contributed by atoms with Gasteiger partial charge in [0.25, 0.3) is 5.91 Å². The molecule has 0 aliphatic carbocycles. The number of carbonyl (C=O) groups excluding carboxylic acids is 1. The standard InChI is InChI=1S/C12H20F3NO3/c1-8-6-10(18-3)4-5-16(8)11(17)9(2)19-7-12(13,14)15/h8-10H,4-7H2,1-3H3/t8-,9-,10-/m1/s1. The summed E-state index contributed by atoms with van der Waals surface area (Å²) in [4.78, 5) is 13.6. The third kappa shape index (κ3) is 4.99. The van der Waals surface area contributed by atoms with Gasteiger partial charge in [-0.05, 0) is 26.7 Å². The molecule has 3 atom stereocenters. The first kappa shape index (κ1) is 16.2. The van der Waals surface area contributed by atoms with Gasteiger partial charge in [0.15, 0.2) is 0 Å². The lowest BCUT2D eigenvalue weighted by Crippen LogP contribution is -2.50. The summed E-state index contributed by atoms with van der Waals surface area (Å²) in [6.07, 6.45) is -4.01. The van der Waals surface area contributed by atoms with Crippen molar-refractivity contribution in [1.29, 1.82) is 0 Å². The minimum Gasteiger partial charge on any atom is -0.381 e. The van der Waals surface area contributed by atoms with Crippen LogP contribution in [0, 0.1) is 0 Å². The van der Waals surface area contributed by atoms with E-state index in [2.05, 4.69) is 4.74 Å². The van der Waals surface area contributed by atoms with Gasteiger partial charge in [-0.25, -0.2) is 0 Å². The van der Waals surface area contributed by atoms with Gasteiger partial charge in [-0.1, -0.05) is 0 Å². The Morgan fingerprint density at radius 3 is 2.58 bits per heavy atom. The number of hydrogen-bond acceptors (Lipinski definition) is 3. The highest BCUT2D eigenvalue weighted by Crippen LogP contribution is 2.21. The lowest BCUT2D eigenvalue weighted by Gasteiger charge is -2.38. The Hall–Kier alpha value is -0.820. The number of methoxy groups -OCH3 is 1. The Kier molecular flexibility index (Phi) is 5.61. The number of likely N-dealkylation sites (tertiary alicyclic amines) is 1. The second-order valence-corrected chi connectivity index (χ2v) is 4.83. The van der Waals surface area contributed by atoms with E-state index < -0.39 is 24.8 Å². The lowest BCUT2D eigenvalue weighted by atomic mass is 10.00. The van der Waals surface area contributed by atoms with Crippen molar-refractivity contribution in [3.8, 4) is 0 Å². The van der Waals surface area contributed by atoms with Crippen molar-refractivity contribution in [3.63, 3.8) is 0 Å². The van der Waals surface area contributed by atoms with Crippen LogP contribution in [0.2, 0.25) is 0 Å². The molecule has 0 aromatic heterocycles. The molecule has 1 heterocycles. The molecule has 19 heavy (non-hydrogen) atoms. The van der Waals surface area contributed by atoms with Gasteiger partial charge in [-0.15, -0.1) is 0 Å². The molecular formula is C12H20F3NO3. The van der Waals surface area contributed by atoms with Crippen molar-refractivity contribution in [2.45, 2.75) is 51.1 Å². The molecule has 0 bridgehead atoms. The molecule has 1 rings (SSSR count). The number of alkyl halides is 3. The van der Waals surface area contributed by atoms with Crippen molar-refractivity contribution in [3.05, 3.63) is 0 Å². The molecule has 1 amide bonds. The minimum atomic E-state index is -4.41. The molecule has 0 radical (unpaired) electrons. The Bertz CT molecular complexity index is 309. The summed E-state index contributed by atoms with van der Waals surface area (Å²) in [5.74, 6) is -0.397.